The van der Waals surface area contributed by atoms with Gasteiger partial charge in [0.05, 0.1) is 17.2 Å². The maximum absolute atomic E-state index is 13.6. The van der Waals surface area contributed by atoms with E-state index < -0.39 is 11.8 Å². The normalized spacial score (nSPS) is 10.6. The first kappa shape index (κ1) is 21.2. The second-order valence-corrected chi connectivity index (χ2v) is 6.85. The van der Waals surface area contributed by atoms with Crippen molar-refractivity contribution in [3.8, 4) is 22.4 Å². The Labute approximate surface area is 190 Å². The molecule has 0 fully saturated rings. The van der Waals surface area contributed by atoms with Gasteiger partial charge >= 0.3 is 29.6 Å². The van der Waals surface area contributed by atoms with E-state index in [1.54, 1.807) is 6.92 Å². The van der Waals surface area contributed by atoms with Crippen LogP contribution in [0.5, 0.6) is 0 Å². The van der Waals surface area contributed by atoms with Gasteiger partial charge in [0.2, 0.25) is 0 Å². The fourth-order valence-corrected chi connectivity index (χ4v) is 3.44. The number of carbonyl (C=O) groups is 1. The third-order valence-electron chi connectivity index (χ3n) is 4.94. The van der Waals surface area contributed by atoms with E-state index >= 15 is 0 Å². The number of aromatic nitrogens is 1. The summed E-state index contributed by atoms with van der Waals surface area (Å²) in [6.45, 7) is 3.72. The molecule has 3 aromatic carbocycles. The molecule has 5 heteroatoms. The maximum Gasteiger partial charge on any atom is 1.00 e. The van der Waals surface area contributed by atoms with E-state index in [1.807, 2.05) is 31.2 Å². The summed E-state index contributed by atoms with van der Waals surface area (Å²) in [5, 5.41) is 12.0. The fourth-order valence-electron chi connectivity index (χ4n) is 3.44. The van der Waals surface area contributed by atoms with Crippen molar-refractivity contribution < 1.29 is 43.8 Å². The van der Waals surface area contributed by atoms with Gasteiger partial charge in [-0.05, 0) is 48.7 Å². The van der Waals surface area contributed by atoms with Crippen LogP contribution in [-0.4, -0.2) is 11.0 Å². The zero-order valence-corrected chi connectivity index (χ0v) is 18.5. The van der Waals surface area contributed by atoms with Crippen molar-refractivity contribution in [1.29, 1.82) is 0 Å². The van der Waals surface area contributed by atoms with Crippen LogP contribution in [0.3, 0.4) is 0 Å². The van der Waals surface area contributed by atoms with Crippen LogP contribution in [0.15, 0.2) is 66.7 Å². The fraction of sp³-hybridized carbons (Fsp3) is 0.0833. The average molecular weight is 393 g/mol. The summed E-state index contributed by atoms with van der Waals surface area (Å²) in [4.78, 5) is 16.3. The van der Waals surface area contributed by atoms with Gasteiger partial charge in [-0.1, -0.05) is 54.1 Å². The van der Waals surface area contributed by atoms with E-state index in [0.717, 1.165) is 16.7 Å². The number of aromatic carboxylic acids is 1. The molecule has 0 unspecified atom stereocenters. The zero-order valence-electron chi connectivity index (χ0n) is 16.5. The van der Waals surface area contributed by atoms with Crippen LogP contribution in [-0.2, 0) is 0 Å². The minimum absolute atomic E-state index is 0. The molecule has 0 saturated carbocycles. The molecule has 0 amide bonds. The standard InChI is InChI=1S/C24H18FNO2.Na/c1-14-3-5-16(6-4-14)17-7-9-18(10-8-17)23-15(2)22(24(27)28)20-13-19(25)11-12-21(20)26-23;/h3-13H,1-2H3,(H,27,28);/q;+1/p-1. The van der Waals surface area contributed by atoms with Crippen LogP contribution in [0.25, 0.3) is 33.3 Å². The van der Waals surface area contributed by atoms with Crippen LogP contribution in [0.4, 0.5) is 4.39 Å². The molecule has 4 aromatic rings. The van der Waals surface area contributed by atoms with Gasteiger partial charge in [0.25, 0.3) is 0 Å². The van der Waals surface area contributed by atoms with Gasteiger partial charge in [-0.25, -0.2) is 9.37 Å². The molecule has 0 spiro atoms. The van der Waals surface area contributed by atoms with Crippen molar-refractivity contribution >= 4 is 16.9 Å². The van der Waals surface area contributed by atoms with Crippen molar-refractivity contribution in [3.05, 3.63) is 89.2 Å². The van der Waals surface area contributed by atoms with Gasteiger partial charge in [0, 0.05) is 16.5 Å². The first-order chi connectivity index (χ1) is 13.4. The number of rotatable bonds is 3. The molecular formula is C24H17FNNaO2. The molecule has 3 nitrogen and oxygen atoms in total. The number of nitrogens with zero attached hydrogens (tertiary/aromatic N) is 1. The predicted molar refractivity (Wildman–Crippen MR) is 106 cm³/mol. The molecule has 0 saturated heterocycles. The number of halogens is 1. The Kier molecular flexibility index (Phi) is 6.18. The Morgan fingerprint density at radius 1 is 0.862 bits per heavy atom. The molecule has 0 atom stereocenters. The smallest absolute Gasteiger partial charge is 0.545 e. The van der Waals surface area contributed by atoms with Crippen LogP contribution in [0.1, 0.15) is 21.5 Å². The third-order valence-corrected chi connectivity index (χ3v) is 4.94. The van der Waals surface area contributed by atoms with Crippen LogP contribution >= 0.6 is 0 Å². The second-order valence-electron chi connectivity index (χ2n) is 6.85. The molecule has 0 aliphatic rings. The van der Waals surface area contributed by atoms with Gasteiger partial charge in [0.15, 0.2) is 0 Å². The van der Waals surface area contributed by atoms with E-state index in [1.165, 1.54) is 23.8 Å². The van der Waals surface area contributed by atoms with Gasteiger partial charge < -0.3 is 9.90 Å². The predicted octanol–water partition coefficient (Wildman–Crippen LogP) is 1.69. The first-order valence-corrected chi connectivity index (χ1v) is 8.93. The third kappa shape index (κ3) is 4.10. The van der Waals surface area contributed by atoms with Crippen molar-refractivity contribution in [3.63, 3.8) is 0 Å². The summed E-state index contributed by atoms with van der Waals surface area (Å²) < 4.78 is 13.6. The molecule has 4 rings (SSSR count). The Balaban J connectivity index is 0.00000240. The summed E-state index contributed by atoms with van der Waals surface area (Å²) >= 11 is 0. The van der Waals surface area contributed by atoms with E-state index in [2.05, 4.69) is 29.2 Å². The Morgan fingerprint density at radius 3 is 2.00 bits per heavy atom. The summed E-state index contributed by atoms with van der Waals surface area (Å²) in [6.07, 6.45) is 0. The maximum atomic E-state index is 13.6. The van der Waals surface area contributed by atoms with Gasteiger partial charge in [-0.2, -0.15) is 0 Å². The number of carbonyl (C=O) groups excluding carboxylic acids is 1. The van der Waals surface area contributed by atoms with Crippen molar-refractivity contribution in [2.75, 3.05) is 0 Å². The average Bonchev–Trinajstić information content (AvgIpc) is 2.68. The summed E-state index contributed by atoms with van der Waals surface area (Å²) in [6, 6.07) is 20.0. The van der Waals surface area contributed by atoms with Gasteiger partial charge in [-0.15, -0.1) is 0 Å². The van der Waals surface area contributed by atoms with Crippen molar-refractivity contribution in [2.24, 2.45) is 0 Å². The quantitative estimate of drug-likeness (QED) is 0.498. The molecule has 0 aliphatic heterocycles. The number of pyridine rings is 1. The molecule has 0 radical (unpaired) electrons. The monoisotopic (exact) mass is 393 g/mol. The number of fused-ring (bicyclic) bond motifs is 1. The molecule has 0 bridgehead atoms. The Hall–Kier alpha value is -2.53. The van der Waals surface area contributed by atoms with Crippen LogP contribution in [0.2, 0.25) is 0 Å². The molecule has 0 aliphatic carbocycles. The number of benzene rings is 3. The Bertz CT molecular complexity index is 1200. The number of hydrogen-bond acceptors (Lipinski definition) is 3. The Morgan fingerprint density at radius 2 is 1.41 bits per heavy atom. The number of carboxylic acids is 1. The minimum Gasteiger partial charge on any atom is -0.545 e. The summed E-state index contributed by atoms with van der Waals surface area (Å²) in [5.74, 6) is -1.85. The summed E-state index contributed by atoms with van der Waals surface area (Å²) in [7, 11) is 0. The zero-order chi connectivity index (χ0) is 19.8. The van der Waals surface area contributed by atoms with Crippen molar-refractivity contribution in [1.82, 2.24) is 4.98 Å². The largest absolute Gasteiger partial charge is 1.00 e. The van der Waals surface area contributed by atoms with E-state index in [-0.39, 0.29) is 40.5 Å². The second kappa shape index (κ2) is 8.46. The SMILES string of the molecule is Cc1ccc(-c2ccc(-c3nc4ccc(F)cc4c(C(=O)[O-])c3C)cc2)cc1.[Na+]. The van der Waals surface area contributed by atoms with Gasteiger partial charge in [0.1, 0.15) is 5.82 Å². The van der Waals surface area contributed by atoms with E-state index in [0.29, 0.717) is 16.8 Å². The number of aryl methyl sites for hydroxylation is 1. The molecule has 29 heavy (non-hydrogen) atoms. The van der Waals surface area contributed by atoms with Crippen LogP contribution in [0, 0.1) is 19.7 Å². The molecule has 1 aromatic heterocycles. The molecule has 138 valence electrons. The molecule has 1 heterocycles. The molecule has 0 N–H and O–H groups in total. The molecular weight excluding hydrogens is 376 g/mol. The number of hydrogen-bond donors (Lipinski definition) is 0. The van der Waals surface area contributed by atoms with E-state index in [9.17, 15) is 14.3 Å². The topological polar surface area (TPSA) is 53.0 Å². The summed E-state index contributed by atoms with van der Waals surface area (Å²) in [5.41, 5.74) is 5.56. The van der Waals surface area contributed by atoms with Crippen LogP contribution < -0.4 is 34.7 Å². The van der Waals surface area contributed by atoms with Crippen molar-refractivity contribution in [2.45, 2.75) is 13.8 Å². The first-order valence-electron chi connectivity index (χ1n) is 8.93. The van der Waals surface area contributed by atoms with E-state index in [4.69, 9.17) is 0 Å². The number of carboxylic acid groups (broad SMARTS) is 1. The minimum atomic E-state index is -1.34. The van der Waals surface area contributed by atoms with Gasteiger partial charge in [-0.3, -0.25) is 0 Å².